The number of anilines is 1. The Morgan fingerprint density at radius 3 is 2.44 bits per heavy atom. The summed E-state index contributed by atoms with van der Waals surface area (Å²) in [6, 6.07) is 18.5. The molecule has 0 atom stereocenters. The highest BCUT2D eigenvalue weighted by Crippen LogP contribution is 2.12. The molecule has 0 amide bonds. The molecule has 0 aliphatic carbocycles. The topological polar surface area (TPSA) is 41.9 Å². The molecular formula is C19H19BrN4S. The van der Waals surface area contributed by atoms with Crippen molar-refractivity contribution in [2.45, 2.75) is 20.0 Å². The first-order chi connectivity index (χ1) is 12.1. The second-order valence-corrected chi connectivity index (χ2v) is 7.14. The number of nitrogens with one attached hydrogen (secondary N) is 2. The van der Waals surface area contributed by atoms with Crippen molar-refractivity contribution in [1.29, 1.82) is 0 Å². The van der Waals surface area contributed by atoms with Crippen LogP contribution in [0.25, 0.3) is 0 Å². The molecule has 2 N–H and O–H groups in total. The lowest BCUT2D eigenvalue weighted by Gasteiger charge is -2.09. The highest BCUT2D eigenvalue weighted by Gasteiger charge is 2.03. The van der Waals surface area contributed by atoms with E-state index >= 15 is 0 Å². The first-order valence-electron chi connectivity index (χ1n) is 7.97. The molecule has 1 heterocycles. The number of nitrogens with zero attached hydrogens (tertiary/aromatic N) is 2. The Hall–Kier alpha value is -2.18. The molecule has 0 radical (unpaired) electrons. The van der Waals surface area contributed by atoms with Gasteiger partial charge >= 0.3 is 0 Å². The van der Waals surface area contributed by atoms with Crippen LogP contribution in [0.15, 0.2) is 65.3 Å². The maximum Gasteiger partial charge on any atom is 0.172 e. The van der Waals surface area contributed by atoms with Crippen LogP contribution in [-0.2, 0) is 13.1 Å². The lowest BCUT2D eigenvalue weighted by atomic mass is 10.1. The number of hydrogen-bond acceptors (Lipinski definition) is 2. The highest BCUT2D eigenvalue weighted by molar-refractivity contribution is 9.10. The van der Waals surface area contributed by atoms with Crippen LogP contribution < -0.4 is 10.6 Å². The number of rotatable bonds is 5. The van der Waals surface area contributed by atoms with Gasteiger partial charge in [0.1, 0.15) is 0 Å². The third-order valence-corrected chi connectivity index (χ3v) is 4.49. The molecule has 0 unspecified atom stereocenters. The van der Waals surface area contributed by atoms with E-state index in [-0.39, 0.29) is 0 Å². The van der Waals surface area contributed by atoms with E-state index in [9.17, 15) is 0 Å². The van der Waals surface area contributed by atoms with E-state index in [2.05, 4.69) is 75.0 Å². The van der Waals surface area contributed by atoms with Crippen molar-refractivity contribution in [1.82, 2.24) is 15.1 Å². The van der Waals surface area contributed by atoms with Gasteiger partial charge in [-0.2, -0.15) is 5.10 Å². The maximum atomic E-state index is 5.34. The lowest BCUT2D eigenvalue weighted by molar-refractivity contribution is 0.689. The Morgan fingerprint density at radius 2 is 1.72 bits per heavy atom. The minimum absolute atomic E-state index is 0.564. The van der Waals surface area contributed by atoms with E-state index in [1.165, 1.54) is 16.7 Å². The van der Waals surface area contributed by atoms with Crippen molar-refractivity contribution in [2.75, 3.05) is 5.32 Å². The molecule has 0 fully saturated rings. The normalized spacial score (nSPS) is 10.5. The van der Waals surface area contributed by atoms with Crippen molar-refractivity contribution < 1.29 is 0 Å². The molecule has 25 heavy (non-hydrogen) atoms. The van der Waals surface area contributed by atoms with Gasteiger partial charge in [-0.15, -0.1) is 0 Å². The highest BCUT2D eigenvalue weighted by atomic mass is 79.9. The summed E-state index contributed by atoms with van der Waals surface area (Å²) >= 11 is 8.78. The molecule has 6 heteroatoms. The predicted octanol–water partition coefficient (Wildman–Crippen LogP) is 4.49. The van der Waals surface area contributed by atoms with Crippen molar-refractivity contribution >= 4 is 39.1 Å². The summed E-state index contributed by atoms with van der Waals surface area (Å²) in [4.78, 5) is 0. The second kappa shape index (κ2) is 8.27. The number of aryl methyl sites for hydroxylation is 1. The SMILES string of the molecule is Cc1ccc(CNC(=S)Nc2ccn(Cc3ccc(Br)cc3)n2)cc1. The number of thiocarbonyl (C=S) groups is 1. The molecule has 128 valence electrons. The van der Waals surface area contributed by atoms with Crippen molar-refractivity contribution in [3.63, 3.8) is 0 Å². The molecule has 4 nitrogen and oxygen atoms in total. The predicted molar refractivity (Wildman–Crippen MR) is 110 cm³/mol. The Morgan fingerprint density at radius 1 is 1.04 bits per heavy atom. The molecule has 3 aromatic rings. The van der Waals surface area contributed by atoms with E-state index in [4.69, 9.17) is 12.2 Å². The summed E-state index contributed by atoms with van der Waals surface area (Å²) in [5.41, 5.74) is 3.63. The smallest absolute Gasteiger partial charge is 0.172 e. The average Bonchev–Trinajstić information content (AvgIpc) is 3.03. The fourth-order valence-electron chi connectivity index (χ4n) is 2.34. The van der Waals surface area contributed by atoms with Crippen molar-refractivity contribution in [3.8, 4) is 0 Å². The van der Waals surface area contributed by atoms with Crippen LogP contribution in [0.1, 0.15) is 16.7 Å². The molecule has 0 aliphatic heterocycles. The molecule has 2 aromatic carbocycles. The molecule has 0 saturated heterocycles. The number of halogens is 1. The zero-order chi connectivity index (χ0) is 17.6. The Kier molecular flexibility index (Phi) is 5.83. The van der Waals surface area contributed by atoms with E-state index < -0.39 is 0 Å². The second-order valence-electron chi connectivity index (χ2n) is 5.82. The standard InChI is InChI=1S/C19H19BrN4S/c1-14-2-4-15(5-3-14)12-21-19(25)22-18-10-11-24(23-18)13-16-6-8-17(20)9-7-16/h2-11H,12-13H2,1H3,(H2,21,22,23,25). The van der Waals surface area contributed by atoms with Gasteiger partial charge in [-0.1, -0.05) is 57.9 Å². The molecule has 1 aromatic heterocycles. The third-order valence-electron chi connectivity index (χ3n) is 3.71. The Bertz CT molecular complexity index is 841. The van der Waals surface area contributed by atoms with Gasteiger partial charge in [0, 0.05) is 23.3 Å². The fourth-order valence-corrected chi connectivity index (χ4v) is 2.78. The van der Waals surface area contributed by atoms with Crippen LogP contribution in [0.3, 0.4) is 0 Å². The van der Waals surface area contributed by atoms with Gasteiger partial charge < -0.3 is 10.6 Å². The van der Waals surface area contributed by atoms with Crippen molar-refractivity contribution in [3.05, 3.63) is 82.0 Å². The third kappa shape index (κ3) is 5.41. The van der Waals surface area contributed by atoms with Crippen LogP contribution in [0.5, 0.6) is 0 Å². The van der Waals surface area contributed by atoms with Gasteiger partial charge in [-0.25, -0.2) is 0 Å². The zero-order valence-electron chi connectivity index (χ0n) is 13.9. The fraction of sp³-hybridized carbons (Fsp3) is 0.158. The molecule has 0 spiro atoms. The summed E-state index contributed by atoms with van der Waals surface area (Å²) in [6.45, 7) is 3.48. The summed E-state index contributed by atoms with van der Waals surface area (Å²) < 4.78 is 2.96. The first kappa shape index (κ1) is 17.6. The molecular weight excluding hydrogens is 396 g/mol. The number of aromatic nitrogens is 2. The molecule has 0 saturated carbocycles. The average molecular weight is 415 g/mol. The molecule has 0 aliphatic rings. The maximum absolute atomic E-state index is 5.34. The lowest BCUT2D eigenvalue weighted by Crippen LogP contribution is -2.28. The van der Waals surface area contributed by atoms with Crippen LogP contribution in [0, 0.1) is 6.92 Å². The quantitative estimate of drug-likeness (QED) is 0.603. The number of benzene rings is 2. The Labute approximate surface area is 161 Å². The van der Waals surface area contributed by atoms with Gasteiger partial charge in [0.15, 0.2) is 10.9 Å². The van der Waals surface area contributed by atoms with Gasteiger partial charge in [-0.05, 0) is 42.4 Å². The summed E-state index contributed by atoms with van der Waals surface area (Å²) in [5.74, 6) is 0.735. The summed E-state index contributed by atoms with van der Waals surface area (Å²) in [7, 11) is 0. The number of hydrogen-bond donors (Lipinski definition) is 2. The molecule has 3 rings (SSSR count). The van der Waals surface area contributed by atoms with Crippen LogP contribution in [0.2, 0.25) is 0 Å². The van der Waals surface area contributed by atoms with E-state index in [1.54, 1.807) is 0 Å². The van der Waals surface area contributed by atoms with Gasteiger partial charge in [0.05, 0.1) is 6.54 Å². The van der Waals surface area contributed by atoms with E-state index in [0.29, 0.717) is 11.7 Å². The Balaban J connectivity index is 1.51. The van der Waals surface area contributed by atoms with Crippen LogP contribution >= 0.6 is 28.1 Å². The van der Waals surface area contributed by atoms with E-state index in [1.807, 2.05) is 29.1 Å². The van der Waals surface area contributed by atoms with Crippen LogP contribution in [0.4, 0.5) is 5.82 Å². The monoisotopic (exact) mass is 414 g/mol. The van der Waals surface area contributed by atoms with Gasteiger partial charge in [0.25, 0.3) is 0 Å². The summed E-state index contributed by atoms with van der Waals surface area (Å²) in [5, 5.41) is 11.4. The first-order valence-corrected chi connectivity index (χ1v) is 9.17. The van der Waals surface area contributed by atoms with Gasteiger partial charge in [-0.3, -0.25) is 4.68 Å². The van der Waals surface area contributed by atoms with E-state index in [0.717, 1.165) is 16.8 Å². The minimum Gasteiger partial charge on any atom is -0.358 e. The van der Waals surface area contributed by atoms with Crippen LogP contribution in [-0.4, -0.2) is 14.9 Å². The molecule has 0 bridgehead atoms. The van der Waals surface area contributed by atoms with Crippen molar-refractivity contribution in [2.24, 2.45) is 0 Å². The summed E-state index contributed by atoms with van der Waals surface area (Å²) in [6.07, 6.45) is 1.94. The zero-order valence-corrected chi connectivity index (χ0v) is 16.3. The largest absolute Gasteiger partial charge is 0.358 e. The minimum atomic E-state index is 0.564. The van der Waals surface area contributed by atoms with Gasteiger partial charge in [0.2, 0.25) is 0 Å².